The molecule has 1 heterocycles. The number of aromatic nitrogens is 2. The van der Waals surface area contributed by atoms with Gasteiger partial charge in [0, 0.05) is 43.7 Å². The normalized spacial score (nSPS) is 15.8. The number of nitrogens with zero attached hydrogens (tertiary/aromatic N) is 1. The molecule has 41 heavy (non-hydrogen) atoms. The first-order valence-electron chi connectivity index (χ1n) is 13.7. The maximum Gasteiger partial charge on any atom is 0.243 e. The van der Waals surface area contributed by atoms with Crippen LogP contribution in [0, 0.1) is 17.8 Å². The Morgan fingerprint density at radius 3 is 2.17 bits per heavy atom. The van der Waals surface area contributed by atoms with E-state index in [0.29, 0.717) is 11.3 Å². The summed E-state index contributed by atoms with van der Waals surface area (Å²) in [6.07, 6.45) is 2.90. The summed E-state index contributed by atoms with van der Waals surface area (Å²) in [5.74, 6) is -4.81. The first-order valence-corrected chi connectivity index (χ1v) is 15.6. The van der Waals surface area contributed by atoms with Crippen LogP contribution in [-0.4, -0.2) is 62.5 Å². The van der Waals surface area contributed by atoms with Crippen LogP contribution in [0.4, 0.5) is 0 Å². The van der Waals surface area contributed by atoms with Gasteiger partial charge >= 0.3 is 0 Å². The zero-order chi connectivity index (χ0) is 30.7. The molecule has 5 atom stereocenters. The van der Waals surface area contributed by atoms with Crippen LogP contribution < -0.4 is 21.7 Å². The molecule has 7 N–H and O–H groups in total. The molecule has 13 heteroatoms. The Balaban J connectivity index is 2.34. The van der Waals surface area contributed by atoms with Gasteiger partial charge in [-0.05, 0) is 23.8 Å². The molecule has 1 aromatic carbocycles. The molecular formula is C28H43N6O6P. The predicted octanol–water partition coefficient (Wildman–Crippen LogP) is 1.70. The van der Waals surface area contributed by atoms with Crippen LogP contribution in [0.5, 0.6) is 0 Å². The Hall–Kier alpha value is -3.50. The van der Waals surface area contributed by atoms with E-state index in [2.05, 4.69) is 25.9 Å². The molecule has 0 bridgehead atoms. The highest BCUT2D eigenvalue weighted by molar-refractivity contribution is 7.58. The number of carbonyl (C=O) groups is 4. The number of aromatic amines is 1. The summed E-state index contributed by atoms with van der Waals surface area (Å²) in [4.78, 5) is 68.7. The van der Waals surface area contributed by atoms with Crippen molar-refractivity contribution in [2.75, 3.05) is 6.16 Å². The summed E-state index contributed by atoms with van der Waals surface area (Å²) < 4.78 is 14.0. The van der Waals surface area contributed by atoms with E-state index in [1.807, 2.05) is 19.9 Å². The Labute approximate surface area is 241 Å². The summed E-state index contributed by atoms with van der Waals surface area (Å²) in [6, 6.07) is 6.95. The van der Waals surface area contributed by atoms with Gasteiger partial charge in [0.05, 0.1) is 6.33 Å². The zero-order valence-electron chi connectivity index (χ0n) is 24.3. The number of nitrogens with one attached hydrogen (secondary N) is 4. The van der Waals surface area contributed by atoms with Gasteiger partial charge < -0.3 is 31.6 Å². The van der Waals surface area contributed by atoms with Gasteiger partial charge in [0.25, 0.3) is 0 Å². The third-order valence-electron chi connectivity index (χ3n) is 6.62. The van der Waals surface area contributed by atoms with Crippen molar-refractivity contribution in [3.05, 3.63) is 54.1 Å². The summed E-state index contributed by atoms with van der Waals surface area (Å²) in [5, 5.41) is 7.93. The van der Waals surface area contributed by atoms with Crippen molar-refractivity contribution in [1.29, 1.82) is 0 Å². The molecule has 12 nitrogen and oxygen atoms in total. The lowest BCUT2D eigenvalue weighted by Gasteiger charge is -2.30. The smallest absolute Gasteiger partial charge is 0.243 e. The molecule has 0 saturated heterocycles. The van der Waals surface area contributed by atoms with Gasteiger partial charge in [-0.3, -0.25) is 23.7 Å². The SMILES string of the molecule is CC(=O)N[C@H](C(=O)NC(Cc1ccccc1)P(=O)(O)CC(CC(C)C)C(=O)N[C@@H](Cc1cnc[nH]1)C(N)=O)C(C)C. The van der Waals surface area contributed by atoms with Gasteiger partial charge in [-0.25, -0.2) is 4.98 Å². The van der Waals surface area contributed by atoms with Crippen molar-refractivity contribution >= 4 is 31.0 Å². The molecule has 0 spiro atoms. The summed E-state index contributed by atoms with van der Waals surface area (Å²) in [5.41, 5.74) is 6.84. The number of rotatable bonds is 16. The van der Waals surface area contributed by atoms with Crippen LogP contribution in [0.25, 0.3) is 0 Å². The van der Waals surface area contributed by atoms with Crippen LogP contribution in [-0.2, 0) is 36.6 Å². The van der Waals surface area contributed by atoms with Crippen LogP contribution >= 0.6 is 7.37 Å². The van der Waals surface area contributed by atoms with Crippen LogP contribution in [0.3, 0.4) is 0 Å². The molecule has 226 valence electrons. The van der Waals surface area contributed by atoms with Gasteiger partial charge in [-0.15, -0.1) is 0 Å². The highest BCUT2D eigenvalue weighted by Crippen LogP contribution is 2.49. The highest BCUT2D eigenvalue weighted by atomic mass is 31.2. The molecule has 0 fully saturated rings. The van der Waals surface area contributed by atoms with Crippen LogP contribution in [0.1, 0.15) is 52.3 Å². The van der Waals surface area contributed by atoms with Crippen molar-refractivity contribution in [2.24, 2.45) is 23.5 Å². The number of nitrogens with two attached hydrogens (primary N) is 1. The maximum atomic E-state index is 14.0. The lowest BCUT2D eigenvalue weighted by atomic mass is 9.97. The Morgan fingerprint density at radius 1 is 1.00 bits per heavy atom. The second-order valence-corrected chi connectivity index (χ2v) is 13.6. The van der Waals surface area contributed by atoms with Gasteiger partial charge in [0.2, 0.25) is 31.0 Å². The molecule has 2 rings (SSSR count). The minimum Gasteiger partial charge on any atom is -0.368 e. The second-order valence-electron chi connectivity index (χ2n) is 11.1. The third kappa shape index (κ3) is 11.1. The Bertz CT molecular complexity index is 1200. The molecule has 4 amide bonds. The molecule has 0 saturated carbocycles. The first-order chi connectivity index (χ1) is 19.2. The van der Waals surface area contributed by atoms with E-state index >= 15 is 0 Å². The summed E-state index contributed by atoms with van der Waals surface area (Å²) >= 11 is 0. The van der Waals surface area contributed by atoms with Gasteiger partial charge in [-0.2, -0.15) is 0 Å². The summed E-state index contributed by atoms with van der Waals surface area (Å²) in [7, 11) is -4.25. The van der Waals surface area contributed by atoms with Crippen molar-refractivity contribution in [3.63, 3.8) is 0 Å². The topological polar surface area (TPSA) is 196 Å². The third-order valence-corrected chi connectivity index (χ3v) is 8.87. The van der Waals surface area contributed by atoms with E-state index in [-0.39, 0.29) is 31.1 Å². The van der Waals surface area contributed by atoms with Crippen molar-refractivity contribution < 1.29 is 28.6 Å². The Kier molecular flexibility index (Phi) is 12.7. The maximum absolute atomic E-state index is 14.0. The largest absolute Gasteiger partial charge is 0.368 e. The van der Waals surface area contributed by atoms with Crippen molar-refractivity contribution in [2.45, 2.75) is 71.7 Å². The van der Waals surface area contributed by atoms with Crippen molar-refractivity contribution in [1.82, 2.24) is 25.9 Å². The minimum absolute atomic E-state index is 0.0161. The number of imidazole rings is 1. The average Bonchev–Trinajstić information content (AvgIpc) is 3.39. The fourth-order valence-corrected chi connectivity index (χ4v) is 6.57. The molecule has 0 aliphatic carbocycles. The monoisotopic (exact) mass is 590 g/mol. The fourth-order valence-electron chi connectivity index (χ4n) is 4.54. The quantitative estimate of drug-likeness (QED) is 0.160. The standard InChI is InChI=1S/C28H43N6O6P/c1-17(2)11-21(27(37)33-23(26(29)36)13-22-14-30-16-31-22)15-41(39,40)24(12-20-9-7-6-8-10-20)34-28(38)25(18(3)4)32-19(5)35/h6-10,14,16-18,21,23-25H,11-13,15H2,1-5H3,(H2,29,36)(H,30,31)(H,32,35)(H,33,37)(H,34,38)(H,39,40)/t21?,23-,24?,25-/m0/s1. The first kappa shape index (κ1) is 33.7. The number of hydrogen-bond donors (Lipinski definition) is 6. The molecule has 0 aliphatic rings. The van der Waals surface area contributed by atoms with E-state index in [0.717, 1.165) is 0 Å². The zero-order valence-corrected chi connectivity index (χ0v) is 25.2. The van der Waals surface area contributed by atoms with Gasteiger partial charge in [0.1, 0.15) is 17.9 Å². The van der Waals surface area contributed by atoms with E-state index in [4.69, 9.17) is 5.73 Å². The highest BCUT2D eigenvalue weighted by Gasteiger charge is 2.39. The van der Waals surface area contributed by atoms with Gasteiger partial charge in [0.15, 0.2) is 0 Å². The summed E-state index contributed by atoms with van der Waals surface area (Å²) in [6.45, 7) is 8.56. The predicted molar refractivity (Wildman–Crippen MR) is 156 cm³/mol. The molecule has 1 aromatic heterocycles. The second kappa shape index (κ2) is 15.5. The lowest BCUT2D eigenvalue weighted by Crippen LogP contribution is -2.52. The number of hydrogen-bond acceptors (Lipinski definition) is 6. The molecule has 3 unspecified atom stereocenters. The van der Waals surface area contributed by atoms with E-state index in [9.17, 15) is 28.6 Å². The van der Waals surface area contributed by atoms with E-state index in [1.54, 1.807) is 38.1 Å². The van der Waals surface area contributed by atoms with Crippen LogP contribution in [0.15, 0.2) is 42.9 Å². The molecule has 0 radical (unpaired) electrons. The number of carbonyl (C=O) groups excluding carboxylic acids is 4. The molecule has 0 aliphatic heterocycles. The molecular weight excluding hydrogens is 547 g/mol. The Morgan fingerprint density at radius 2 is 1.66 bits per heavy atom. The number of benzene rings is 1. The average molecular weight is 591 g/mol. The number of amides is 4. The lowest BCUT2D eigenvalue weighted by molar-refractivity contribution is -0.129. The van der Waals surface area contributed by atoms with E-state index in [1.165, 1.54) is 19.4 Å². The minimum atomic E-state index is -4.25. The molecule has 2 aromatic rings. The number of primary amides is 1. The van der Waals surface area contributed by atoms with Crippen LogP contribution in [0.2, 0.25) is 0 Å². The van der Waals surface area contributed by atoms with Crippen molar-refractivity contribution in [3.8, 4) is 0 Å². The van der Waals surface area contributed by atoms with E-state index < -0.39 is 60.9 Å². The number of H-pyrrole nitrogens is 1. The fraction of sp³-hybridized carbons (Fsp3) is 0.536. The van der Waals surface area contributed by atoms with Gasteiger partial charge in [-0.1, -0.05) is 58.0 Å².